The van der Waals surface area contributed by atoms with Gasteiger partial charge in [0.15, 0.2) is 5.17 Å². The number of thiol groups is 1. The maximum Gasteiger partial charge on any atom is 0.156 e. The fourth-order valence-corrected chi connectivity index (χ4v) is 0.505. The molecule has 0 aromatic heterocycles. The van der Waals surface area contributed by atoms with E-state index in [1.807, 2.05) is 13.0 Å². The van der Waals surface area contributed by atoms with Crippen LogP contribution in [0.4, 0.5) is 0 Å². The van der Waals surface area contributed by atoms with Crippen molar-refractivity contribution in [3.8, 4) is 0 Å². The first-order chi connectivity index (χ1) is 4.16. The van der Waals surface area contributed by atoms with E-state index in [0.29, 0.717) is 5.70 Å². The van der Waals surface area contributed by atoms with Gasteiger partial charge in [-0.2, -0.15) is 0 Å². The Bertz CT molecular complexity index is 154. The molecule has 0 aliphatic rings. The Balaban J connectivity index is 3.93. The second kappa shape index (κ2) is 4.21. The molecule has 0 fully saturated rings. The van der Waals surface area contributed by atoms with Gasteiger partial charge in [0, 0.05) is 0 Å². The molecule has 0 aromatic carbocycles. The van der Waals surface area contributed by atoms with Crippen LogP contribution in [0.5, 0.6) is 0 Å². The normalized spacial score (nSPS) is 12.4. The van der Waals surface area contributed by atoms with Crippen molar-refractivity contribution < 1.29 is 0 Å². The van der Waals surface area contributed by atoms with E-state index >= 15 is 0 Å². The fourth-order valence-electron chi connectivity index (χ4n) is 0.377. The van der Waals surface area contributed by atoms with E-state index in [4.69, 9.17) is 5.73 Å². The Morgan fingerprint density at radius 3 is 2.67 bits per heavy atom. The molecule has 0 aliphatic carbocycles. The molecule has 3 heteroatoms. The maximum atomic E-state index is 5.14. The fraction of sp³-hybridized carbons (Fsp3) is 0.167. The van der Waals surface area contributed by atoms with Crippen molar-refractivity contribution in [1.29, 1.82) is 0 Å². The lowest BCUT2D eigenvalue weighted by atomic mass is 10.4. The van der Waals surface area contributed by atoms with Gasteiger partial charge in [-0.3, -0.25) is 0 Å². The molecule has 0 amide bonds. The summed E-state index contributed by atoms with van der Waals surface area (Å²) in [4.78, 5) is 3.74. The average Bonchev–Trinajstić information content (AvgIpc) is 1.63. The van der Waals surface area contributed by atoms with E-state index in [1.54, 1.807) is 6.08 Å². The Morgan fingerprint density at radius 2 is 2.33 bits per heavy atom. The van der Waals surface area contributed by atoms with Crippen molar-refractivity contribution in [3.63, 3.8) is 0 Å². The summed E-state index contributed by atoms with van der Waals surface area (Å²) < 4.78 is 0. The molecule has 0 rings (SSSR count). The van der Waals surface area contributed by atoms with Crippen molar-refractivity contribution >= 4 is 17.8 Å². The average molecular weight is 142 g/mol. The maximum absolute atomic E-state index is 5.14. The number of nitrogens with zero attached hydrogens (tertiary/aromatic N) is 1. The lowest BCUT2D eigenvalue weighted by Crippen LogP contribution is -2.01. The van der Waals surface area contributed by atoms with Gasteiger partial charge in [-0.15, -0.1) is 12.6 Å². The van der Waals surface area contributed by atoms with Crippen LogP contribution in [0.2, 0.25) is 0 Å². The summed E-state index contributed by atoms with van der Waals surface area (Å²) in [5.74, 6) is 0. The van der Waals surface area contributed by atoms with Gasteiger partial charge in [0.1, 0.15) is 0 Å². The number of amidine groups is 1. The minimum Gasteiger partial charge on any atom is -0.378 e. The highest BCUT2D eigenvalue weighted by Gasteiger charge is 1.80. The van der Waals surface area contributed by atoms with Gasteiger partial charge >= 0.3 is 0 Å². The summed E-state index contributed by atoms with van der Waals surface area (Å²) in [6, 6.07) is 0. The summed E-state index contributed by atoms with van der Waals surface area (Å²) in [6.07, 6.45) is 3.59. The highest BCUT2D eigenvalue weighted by molar-refractivity contribution is 7.96. The van der Waals surface area contributed by atoms with Gasteiger partial charge in [-0.25, -0.2) is 4.99 Å². The Hall–Kier alpha value is -0.700. The Morgan fingerprint density at radius 1 is 1.78 bits per heavy atom. The smallest absolute Gasteiger partial charge is 0.156 e. The van der Waals surface area contributed by atoms with Crippen molar-refractivity contribution in [2.75, 3.05) is 0 Å². The van der Waals surface area contributed by atoms with Gasteiger partial charge in [0.05, 0.1) is 5.70 Å². The van der Waals surface area contributed by atoms with Crippen LogP contribution in [-0.2, 0) is 0 Å². The predicted molar refractivity (Wildman–Crippen MR) is 44.6 cm³/mol. The van der Waals surface area contributed by atoms with Crippen LogP contribution in [-0.4, -0.2) is 5.17 Å². The predicted octanol–water partition coefficient (Wildman–Crippen LogP) is 1.32. The van der Waals surface area contributed by atoms with Gasteiger partial charge < -0.3 is 5.73 Å². The molecule has 0 saturated carbocycles. The molecule has 0 unspecified atom stereocenters. The van der Waals surface area contributed by atoms with Crippen LogP contribution in [0.3, 0.4) is 0 Å². The number of aliphatic imine (C=N–C) groups is 1. The van der Waals surface area contributed by atoms with Crippen LogP contribution >= 0.6 is 12.6 Å². The lowest BCUT2D eigenvalue weighted by Gasteiger charge is -1.88. The number of hydrogen-bond acceptors (Lipinski definition) is 1. The number of hydrogen-bond donors (Lipinski definition) is 2. The number of rotatable bonds is 2. The molecular weight excluding hydrogens is 132 g/mol. The van der Waals surface area contributed by atoms with E-state index in [9.17, 15) is 0 Å². The second-order valence-corrected chi connectivity index (χ2v) is 1.92. The first-order valence-electron chi connectivity index (χ1n) is 2.51. The third-order valence-corrected chi connectivity index (χ3v) is 0.717. The molecule has 0 saturated heterocycles. The van der Waals surface area contributed by atoms with Crippen molar-refractivity contribution in [2.24, 2.45) is 10.7 Å². The highest BCUT2D eigenvalue weighted by Crippen LogP contribution is 1.94. The van der Waals surface area contributed by atoms with E-state index in [0.717, 1.165) is 0 Å². The number of allylic oxidation sites excluding steroid dienone is 2. The summed E-state index contributed by atoms with van der Waals surface area (Å²) in [6.45, 7) is 5.47. The number of nitrogens with two attached hydrogens (primary N) is 1. The quantitative estimate of drug-likeness (QED) is 0.259. The zero-order chi connectivity index (χ0) is 7.28. The summed E-state index contributed by atoms with van der Waals surface area (Å²) >= 11 is 3.76. The Labute approximate surface area is 60.6 Å². The largest absolute Gasteiger partial charge is 0.378 e. The van der Waals surface area contributed by atoms with Crippen LogP contribution in [0.25, 0.3) is 0 Å². The molecule has 0 radical (unpaired) electrons. The van der Waals surface area contributed by atoms with Gasteiger partial charge in [-0.1, -0.05) is 12.7 Å². The minimum absolute atomic E-state index is 0.234. The third-order valence-electron chi connectivity index (χ3n) is 0.617. The minimum atomic E-state index is 0.234. The molecule has 2 N–H and O–H groups in total. The first-order valence-corrected chi connectivity index (χ1v) is 2.96. The molecule has 9 heavy (non-hydrogen) atoms. The van der Waals surface area contributed by atoms with E-state index in [2.05, 4.69) is 24.2 Å². The standard InChI is InChI=1S/C6H10N2S/c1-3-4-5(2)8-6(7)9/h3-4H,2H2,1H3,(H3,7,8,9)/b4-3-. The highest BCUT2D eigenvalue weighted by atomic mass is 32.1. The topological polar surface area (TPSA) is 38.4 Å². The molecule has 0 atom stereocenters. The van der Waals surface area contributed by atoms with Gasteiger partial charge in [0.2, 0.25) is 0 Å². The third kappa shape index (κ3) is 5.17. The van der Waals surface area contributed by atoms with Crippen LogP contribution in [0.1, 0.15) is 6.92 Å². The van der Waals surface area contributed by atoms with Crippen molar-refractivity contribution in [2.45, 2.75) is 6.92 Å². The second-order valence-electron chi connectivity index (χ2n) is 1.46. The van der Waals surface area contributed by atoms with Crippen molar-refractivity contribution in [1.82, 2.24) is 0 Å². The van der Waals surface area contributed by atoms with E-state index in [-0.39, 0.29) is 5.17 Å². The van der Waals surface area contributed by atoms with E-state index < -0.39 is 0 Å². The molecule has 50 valence electrons. The molecule has 0 aromatic rings. The first kappa shape index (κ1) is 8.30. The van der Waals surface area contributed by atoms with Gasteiger partial charge in [-0.05, 0) is 13.0 Å². The Kier molecular flexibility index (Phi) is 3.88. The van der Waals surface area contributed by atoms with Crippen LogP contribution in [0, 0.1) is 0 Å². The summed E-state index contributed by atoms with van der Waals surface area (Å²) in [5, 5.41) is 0.234. The molecule has 0 aliphatic heterocycles. The van der Waals surface area contributed by atoms with E-state index in [1.165, 1.54) is 0 Å². The molecule has 0 bridgehead atoms. The lowest BCUT2D eigenvalue weighted by molar-refractivity contribution is 1.42. The SMILES string of the molecule is C=C(/C=C\C)/N=C(/N)S. The summed E-state index contributed by atoms with van der Waals surface area (Å²) in [5.41, 5.74) is 5.76. The van der Waals surface area contributed by atoms with Crippen LogP contribution in [0.15, 0.2) is 29.4 Å². The summed E-state index contributed by atoms with van der Waals surface area (Å²) in [7, 11) is 0. The molecule has 2 nitrogen and oxygen atoms in total. The molecular formula is C6H10N2S. The van der Waals surface area contributed by atoms with Gasteiger partial charge in [0.25, 0.3) is 0 Å². The monoisotopic (exact) mass is 142 g/mol. The zero-order valence-corrected chi connectivity index (χ0v) is 6.23. The van der Waals surface area contributed by atoms with Crippen LogP contribution < -0.4 is 5.73 Å². The molecule has 0 spiro atoms. The zero-order valence-electron chi connectivity index (χ0n) is 5.33. The van der Waals surface area contributed by atoms with Crippen molar-refractivity contribution in [3.05, 3.63) is 24.4 Å². The molecule has 0 heterocycles.